The van der Waals surface area contributed by atoms with Gasteiger partial charge < -0.3 is 9.73 Å². The van der Waals surface area contributed by atoms with Crippen LogP contribution in [0.5, 0.6) is 0 Å². The monoisotopic (exact) mass is 329 g/mol. The third-order valence-corrected chi connectivity index (χ3v) is 3.63. The van der Waals surface area contributed by atoms with E-state index in [4.69, 9.17) is 4.42 Å². The second kappa shape index (κ2) is 5.84. The zero-order valence-electron chi connectivity index (χ0n) is 10.6. The summed E-state index contributed by atoms with van der Waals surface area (Å²) in [6, 6.07) is 4.45. The molecule has 2 nitrogen and oxygen atoms in total. The normalized spacial score (nSPS) is 12.7. The van der Waals surface area contributed by atoms with E-state index in [9.17, 15) is 8.78 Å². The third-order valence-electron chi connectivity index (χ3n) is 2.98. The van der Waals surface area contributed by atoms with E-state index in [1.165, 1.54) is 13.2 Å². The van der Waals surface area contributed by atoms with Gasteiger partial charge in [-0.05, 0) is 41.0 Å². The summed E-state index contributed by atoms with van der Waals surface area (Å²) < 4.78 is 33.5. The standard InChI is InChI=1S/C14H14BrF2NO/c1-3-18-13(10-6-7-19-14(10)15)9-5-4-8(2)11(16)12(9)17/h4-7,13,18H,3H2,1-2H3. The van der Waals surface area contributed by atoms with E-state index >= 15 is 0 Å². The van der Waals surface area contributed by atoms with E-state index in [0.29, 0.717) is 16.8 Å². The molecule has 0 bridgehead atoms. The van der Waals surface area contributed by atoms with Crippen molar-refractivity contribution in [2.45, 2.75) is 19.9 Å². The molecule has 0 amide bonds. The van der Waals surface area contributed by atoms with Crippen LogP contribution in [0.3, 0.4) is 0 Å². The smallest absolute Gasteiger partial charge is 0.174 e. The molecule has 0 saturated carbocycles. The maximum absolute atomic E-state index is 14.1. The van der Waals surface area contributed by atoms with Crippen LogP contribution >= 0.6 is 15.9 Å². The van der Waals surface area contributed by atoms with E-state index < -0.39 is 17.7 Å². The summed E-state index contributed by atoms with van der Waals surface area (Å²) in [6.07, 6.45) is 1.51. The fourth-order valence-electron chi connectivity index (χ4n) is 1.99. The predicted molar refractivity (Wildman–Crippen MR) is 73.0 cm³/mol. The van der Waals surface area contributed by atoms with Gasteiger partial charge in [-0.1, -0.05) is 19.1 Å². The molecule has 0 aliphatic heterocycles. The zero-order chi connectivity index (χ0) is 14.0. The highest BCUT2D eigenvalue weighted by Gasteiger charge is 2.23. The Morgan fingerprint density at radius 3 is 2.53 bits per heavy atom. The third kappa shape index (κ3) is 2.72. The molecule has 1 unspecified atom stereocenters. The molecule has 19 heavy (non-hydrogen) atoms. The SMILES string of the molecule is CCNC(c1ccoc1Br)c1ccc(C)c(F)c1F. The first-order valence-corrected chi connectivity index (χ1v) is 6.76. The number of hydrogen-bond donors (Lipinski definition) is 1. The van der Waals surface area contributed by atoms with Gasteiger partial charge in [0.15, 0.2) is 16.3 Å². The first-order valence-electron chi connectivity index (χ1n) is 5.97. The topological polar surface area (TPSA) is 25.2 Å². The Labute approximate surface area is 118 Å². The largest absolute Gasteiger partial charge is 0.457 e. The van der Waals surface area contributed by atoms with Gasteiger partial charge in [-0.15, -0.1) is 0 Å². The highest BCUT2D eigenvalue weighted by Crippen LogP contribution is 2.32. The predicted octanol–water partition coefficient (Wildman–Crippen LogP) is 4.33. The Balaban J connectivity index is 2.52. The van der Waals surface area contributed by atoms with Crippen LogP contribution < -0.4 is 5.32 Å². The number of rotatable bonds is 4. The zero-order valence-corrected chi connectivity index (χ0v) is 12.2. The van der Waals surface area contributed by atoms with Crippen LogP contribution in [-0.2, 0) is 0 Å². The summed E-state index contributed by atoms with van der Waals surface area (Å²) in [4.78, 5) is 0. The quantitative estimate of drug-likeness (QED) is 0.903. The van der Waals surface area contributed by atoms with Crippen molar-refractivity contribution in [1.82, 2.24) is 5.32 Å². The van der Waals surface area contributed by atoms with Crippen molar-refractivity contribution in [3.05, 3.63) is 57.5 Å². The molecule has 0 saturated heterocycles. The summed E-state index contributed by atoms with van der Waals surface area (Å²) in [5, 5.41) is 3.13. The van der Waals surface area contributed by atoms with Crippen LogP contribution in [-0.4, -0.2) is 6.54 Å². The molecular weight excluding hydrogens is 316 g/mol. The molecule has 2 rings (SSSR count). The number of hydrogen-bond acceptors (Lipinski definition) is 2. The van der Waals surface area contributed by atoms with Gasteiger partial charge >= 0.3 is 0 Å². The Kier molecular flexibility index (Phi) is 4.37. The van der Waals surface area contributed by atoms with E-state index in [-0.39, 0.29) is 5.56 Å². The van der Waals surface area contributed by atoms with Crippen LogP contribution in [0.4, 0.5) is 8.78 Å². The molecule has 0 radical (unpaired) electrons. The molecule has 1 heterocycles. The second-order valence-corrected chi connectivity index (χ2v) is 4.96. The van der Waals surface area contributed by atoms with Gasteiger partial charge in [0.1, 0.15) is 0 Å². The Bertz CT molecular complexity index is 583. The van der Waals surface area contributed by atoms with Crippen LogP contribution in [0.15, 0.2) is 33.5 Å². The van der Waals surface area contributed by atoms with Crippen LogP contribution in [0.1, 0.15) is 29.7 Å². The Hall–Kier alpha value is -1.20. The molecule has 1 atom stereocenters. The van der Waals surface area contributed by atoms with Crippen molar-refractivity contribution in [2.75, 3.05) is 6.54 Å². The fraction of sp³-hybridized carbons (Fsp3) is 0.286. The second-order valence-electron chi connectivity index (χ2n) is 4.24. The Morgan fingerprint density at radius 2 is 1.95 bits per heavy atom. The summed E-state index contributed by atoms with van der Waals surface area (Å²) in [6.45, 7) is 4.07. The van der Waals surface area contributed by atoms with Gasteiger partial charge in [0.05, 0.1) is 12.3 Å². The molecular formula is C14H14BrF2NO. The number of aryl methyl sites for hydroxylation is 1. The van der Waals surface area contributed by atoms with Crippen molar-refractivity contribution in [2.24, 2.45) is 0 Å². The number of furan rings is 1. The molecule has 102 valence electrons. The molecule has 1 aromatic carbocycles. The van der Waals surface area contributed by atoms with Gasteiger partial charge in [0.2, 0.25) is 0 Å². The van der Waals surface area contributed by atoms with Crippen molar-refractivity contribution < 1.29 is 13.2 Å². The molecule has 0 fully saturated rings. The summed E-state index contributed by atoms with van der Waals surface area (Å²) in [5.74, 6) is -1.63. The average molecular weight is 330 g/mol. The lowest BCUT2D eigenvalue weighted by Crippen LogP contribution is -2.23. The van der Waals surface area contributed by atoms with Gasteiger partial charge in [0, 0.05) is 11.1 Å². The highest BCUT2D eigenvalue weighted by atomic mass is 79.9. The van der Waals surface area contributed by atoms with Crippen molar-refractivity contribution >= 4 is 15.9 Å². The van der Waals surface area contributed by atoms with Crippen LogP contribution in [0.2, 0.25) is 0 Å². The van der Waals surface area contributed by atoms with E-state index in [2.05, 4.69) is 21.2 Å². The number of nitrogens with one attached hydrogen (secondary N) is 1. The van der Waals surface area contributed by atoms with Crippen molar-refractivity contribution in [1.29, 1.82) is 0 Å². The average Bonchev–Trinajstić information content (AvgIpc) is 2.80. The minimum Gasteiger partial charge on any atom is -0.457 e. The van der Waals surface area contributed by atoms with E-state index in [1.54, 1.807) is 18.2 Å². The lowest BCUT2D eigenvalue weighted by Gasteiger charge is -2.19. The van der Waals surface area contributed by atoms with E-state index in [0.717, 1.165) is 5.56 Å². The first kappa shape index (κ1) is 14.2. The number of halogens is 3. The summed E-state index contributed by atoms with van der Waals surface area (Å²) in [5.41, 5.74) is 1.30. The molecule has 0 aliphatic rings. The molecule has 1 N–H and O–H groups in total. The maximum atomic E-state index is 14.1. The lowest BCUT2D eigenvalue weighted by atomic mass is 9.99. The van der Waals surface area contributed by atoms with Crippen molar-refractivity contribution in [3.8, 4) is 0 Å². The first-order chi connectivity index (χ1) is 9.06. The number of benzene rings is 1. The lowest BCUT2D eigenvalue weighted by molar-refractivity contribution is 0.475. The highest BCUT2D eigenvalue weighted by molar-refractivity contribution is 9.10. The van der Waals surface area contributed by atoms with E-state index in [1.807, 2.05) is 6.92 Å². The van der Waals surface area contributed by atoms with Gasteiger partial charge in [-0.2, -0.15) is 0 Å². The molecule has 2 aromatic rings. The maximum Gasteiger partial charge on any atom is 0.174 e. The van der Waals surface area contributed by atoms with Crippen molar-refractivity contribution in [3.63, 3.8) is 0 Å². The minimum absolute atomic E-state index is 0.270. The molecule has 1 aromatic heterocycles. The minimum atomic E-state index is -0.820. The van der Waals surface area contributed by atoms with Gasteiger partial charge in [-0.3, -0.25) is 0 Å². The Morgan fingerprint density at radius 1 is 1.21 bits per heavy atom. The van der Waals surface area contributed by atoms with Crippen LogP contribution in [0, 0.1) is 18.6 Å². The van der Waals surface area contributed by atoms with Crippen LogP contribution in [0.25, 0.3) is 0 Å². The fourth-order valence-corrected chi connectivity index (χ4v) is 2.45. The summed E-state index contributed by atoms with van der Waals surface area (Å²) >= 11 is 3.27. The molecule has 0 aliphatic carbocycles. The molecule has 0 spiro atoms. The molecule has 5 heteroatoms. The summed E-state index contributed by atoms with van der Waals surface area (Å²) in [7, 11) is 0. The van der Waals surface area contributed by atoms with Gasteiger partial charge in [-0.25, -0.2) is 8.78 Å². The van der Waals surface area contributed by atoms with Gasteiger partial charge in [0.25, 0.3) is 0 Å².